The summed E-state index contributed by atoms with van der Waals surface area (Å²) in [6.45, 7) is 1.15. The first-order valence-electron chi connectivity index (χ1n) is 7.97. The standard InChI is InChI=1S/C20H15F3O3S/c1-12-15(18(22)19(23)20(17(12)21)27(24,25)26)16(13-8-4-2-5-9-13)14-10-6-3-7-11-14/h2-11,16H,1H3,(H,24,25,26). The van der Waals surface area contributed by atoms with Gasteiger partial charge >= 0.3 is 10.1 Å². The average molecular weight is 392 g/mol. The van der Waals surface area contributed by atoms with E-state index in [1.165, 1.54) is 0 Å². The van der Waals surface area contributed by atoms with E-state index in [0.717, 1.165) is 6.92 Å². The number of rotatable bonds is 4. The fourth-order valence-corrected chi connectivity index (χ4v) is 3.85. The molecule has 0 aliphatic carbocycles. The molecule has 7 heteroatoms. The largest absolute Gasteiger partial charge is 0.300 e. The Kier molecular flexibility index (Phi) is 5.08. The van der Waals surface area contributed by atoms with Crippen molar-refractivity contribution in [3.05, 3.63) is 100 Å². The summed E-state index contributed by atoms with van der Waals surface area (Å²) < 4.78 is 75.7. The molecule has 0 aliphatic heterocycles. The Morgan fingerprint density at radius 3 is 1.63 bits per heavy atom. The lowest BCUT2D eigenvalue weighted by Crippen LogP contribution is -2.16. The molecular weight excluding hydrogens is 377 g/mol. The molecule has 140 valence electrons. The molecule has 27 heavy (non-hydrogen) atoms. The maximum atomic E-state index is 14.9. The van der Waals surface area contributed by atoms with Gasteiger partial charge in [-0.1, -0.05) is 60.7 Å². The van der Waals surface area contributed by atoms with E-state index in [-0.39, 0.29) is 11.1 Å². The SMILES string of the molecule is Cc1c(F)c(S(=O)(=O)O)c(F)c(F)c1C(c1ccccc1)c1ccccc1. The second kappa shape index (κ2) is 7.17. The highest BCUT2D eigenvalue weighted by molar-refractivity contribution is 7.85. The first-order valence-corrected chi connectivity index (χ1v) is 9.41. The average Bonchev–Trinajstić information content (AvgIpc) is 2.64. The molecule has 0 radical (unpaired) electrons. The van der Waals surface area contributed by atoms with E-state index < -0.39 is 38.4 Å². The zero-order valence-corrected chi connectivity index (χ0v) is 15.0. The molecule has 0 aromatic heterocycles. The summed E-state index contributed by atoms with van der Waals surface area (Å²) in [6, 6.07) is 17.1. The van der Waals surface area contributed by atoms with Gasteiger partial charge in [0.15, 0.2) is 22.3 Å². The van der Waals surface area contributed by atoms with Gasteiger partial charge in [-0.25, -0.2) is 13.2 Å². The molecule has 0 amide bonds. The molecule has 0 bridgehead atoms. The van der Waals surface area contributed by atoms with Crippen molar-refractivity contribution in [2.24, 2.45) is 0 Å². The third-order valence-corrected chi connectivity index (χ3v) is 5.25. The van der Waals surface area contributed by atoms with Crippen LogP contribution in [0.5, 0.6) is 0 Å². The normalized spacial score (nSPS) is 11.8. The highest BCUT2D eigenvalue weighted by Crippen LogP contribution is 2.39. The van der Waals surface area contributed by atoms with Gasteiger partial charge < -0.3 is 0 Å². The molecule has 3 aromatic carbocycles. The van der Waals surface area contributed by atoms with Crippen LogP contribution in [-0.2, 0) is 10.1 Å². The van der Waals surface area contributed by atoms with Crippen LogP contribution in [0.4, 0.5) is 13.2 Å². The lowest BCUT2D eigenvalue weighted by Gasteiger charge is -2.23. The Labute approximate surface area is 154 Å². The van der Waals surface area contributed by atoms with Crippen LogP contribution in [0.3, 0.4) is 0 Å². The Morgan fingerprint density at radius 2 is 1.22 bits per heavy atom. The third kappa shape index (κ3) is 3.48. The van der Waals surface area contributed by atoms with E-state index in [1.54, 1.807) is 60.7 Å². The molecule has 0 fully saturated rings. The van der Waals surface area contributed by atoms with Gasteiger partial charge in [0.1, 0.15) is 0 Å². The fraction of sp³-hybridized carbons (Fsp3) is 0.100. The van der Waals surface area contributed by atoms with E-state index in [0.29, 0.717) is 11.1 Å². The number of benzene rings is 3. The van der Waals surface area contributed by atoms with Gasteiger partial charge in [-0.05, 0) is 23.6 Å². The summed E-state index contributed by atoms with van der Waals surface area (Å²) in [6.07, 6.45) is 0. The summed E-state index contributed by atoms with van der Waals surface area (Å²) in [7, 11) is -5.27. The Hall–Kier alpha value is -2.64. The van der Waals surface area contributed by atoms with Crippen LogP contribution in [0, 0.1) is 24.4 Å². The van der Waals surface area contributed by atoms with Crippen molar-refractivity contribution >= 4 is 10.1 Å². The molecule has 0 spiro atoms. The van der Waals surface area contributed by atoms with Crippen LogP contribution in [0.15, 0.2) is 65.6 Å². The topological polar surface area (TPSA) is 54.4 Å². The molecule has 0 aliphatic rings. The zero-order valence-electron chi connectivity index (χ0n) is 14.2. The van der Waals surface area contributed by atoms with Crippen LogP contribution in [0.2, 0.25) is 0 Å². The van der Waals surface area contributed by atoms with Gasteiger partial charge in [0.05, 0.1) is 0 Å². The highest BCUT2D eigenvalue weighted by atomic mass is 32.2. The molecule has 0 atom stereocenters. The number of halogens is 3. The lowest BCUT2D eigenvalue weighted by atomic mass is 9.82. The van der Waals surface area contributed by atoms with Gasteiger partial charge in [-0.15, -0.1) is 0 Å². The molecule has 0 saturated heterocycles. The van der Waals surface area contributed by atoms with Crippen LogP contribution in [-0.4, -0.2) is 13.0 Å². The predicted octanol–water partition coefficient (Wildman–Crippen LogP) is 4.84. The van der Waals surface area contributed by atoms with Gasteiger partial charge in [0.25, 0.3) is 0 Å². The first kappa shape index (κ1) is 19.1. The van der Waals surface area contributed by atoms with Crippen molar-refractivity contribution < 1.29 is 26.1 Å². The predicted molar refractivity (Wildman–Crippen MR) is 94.7 cm³/mol. The minimum absolute atomic E-state index is 0.324. The Balaban J connectivity index is 2.38. The zero-order chi connectivity index (χ0) is 19.8. The van der Waals surface area contributed by atoms with Crippen molar-refractivity contribution in [1.29, 1.82) is 0 Å². The molecule has 0 saturated carbocycles. The van der Waals surface area contributed by atoms with Gasteiger partial charge in [-0.3, -0.25) is 4.55 Å². The van der Waals surface area contributed by atoms with E-state index in [2.05, 4.69) is 0 Å². The van der Waals surface area contributed by atoms with Crippen molar-refractivity contribution in [2.75, 3.05) is 0 Å². The fourth-order valence-electron chi connectivity index (χ4n) is 3.15. The maximum absolute atomic E-state index is 14.9. The van der Waals surface area contributed by atoms with E-state index in [1.807, 2.05) is 0 Å². The molecule has 3 rings (SSSR count). The van der Waals surface area contributed by atoms with Crippen LogP contribution in [0.1, 0.15) is 28.2 Å². The second-order valence-electron chi connectivity index (χ2n) is 6.04. The van der Waals surface area contributed by atoms with Crippen molar-refractivity contribution in [3.63, 3.8) is 0 Å². The minimum atomic E-state index is -5.27. The summed E-state index contributed by atoms with van der Waals surface area (Å²) >= 11 is 0. The van der Waals surface area contributed by atoms with Crippen molar-refractivity contribution in [3.8, 4) is 0 Å². The molecular formula is C20H15F3O3S. The smallest absolute Gasteiger partial charge is 0.282 e. The second-order valence-corrected chi connectivity index (χ2v) is 7.40. The van der Waals surface area contributed by atoms with Gasteiger partial charge in [0, 0.05) is 11.5 Å². The van der Waals surface area contributed by atoms with E-state index in [9.17, 15) is 21.6 Å². The van der Waals surface area contributed by atoms with Gasteiger partial charge in [0.2, 0.25) is 0 Å². The minimum Gasteiger partial charge on any atom is -0.282 e. The molecule has 1 N–H and O–H groups in total. The van der Waals surface area contributed by atoms with Gasteiger partial charge in [-0.2, -0.15) is 8.42 Å². The molecule has 0 heterocycles. The summed E-state index contributed by atoms with van der Waals surface area (Å²) in [5, 5.41) is 0. The Morgan fingerprint density at radius 1 is 0.778 bits per heavy atom. The molecule has 3 aromatic rings. The summed E-state index contributed by atoms with van der Waals surface area (Å²) in [5.74, 6) is -5.83. The van der Waals surface area contributed by atoms with Crippen LogP contribution in [0.25, 0.3) is 0 Å². The van der Waals surface area contributed by atoms with E-state index >= 15 is 0 Å². The number of hydrogen-bond acceptors (Lipinski definition) is 2. The maximum Gasteiger partial charge on any atom is 0.300 e. The first-order chi connectivity index (χ1) is 12.7. The lowest BCUT2D eigenvalue weighted by molar-refractivity contribution is 0.424. The quantitative estimate of drug-likeness (QED) is 0.393. The van der Waals surface area contributed by atoms with Crippen molar-refractivity contribution in [2.45, 2.75) is 17.7 Å². The Bertz CT molecular complexity index is 1010. The number of hydrogen-bond donors (Lipinski definition) is 1. The summed E-state index contributed by atoms with van der Waals surface area (Å²) in [5.41, 5.74) is 0.433. The monoisotopic (exact) mass is 392 g/mol. The van der Waals surface area contributed by atoms with Crippen LogP contribution < -0.4 is 0 Å². The summed E-state index contributed by atoms with van der Waals surface area (Å²) in [4.78, 5) is -1.68. The van der Waals surface area contributed by atoms with E-state index in [4.69, 9.17) is 4.55 Å². The van der Waals surface area contributed by atoms with Crippen molar-refractivity contribution in [1.82, 2.24) is 0 Å². The third-order valence-electron chi connectivity index (χ3n) is 4.37. The highest BCUT2D eigenvalue weighted by Gasteiger charge is 2.33. The van der Waals surface area contributed by atoms with Crippen LogP contribution >= 0.6 is 0 Å². The molecule has 3 nitrogen and oxygen atoms in total. The molecule has 0 unspecified atom stereocenters.